The second-order valence-electron chi connectivity index (χ2n) is 4.33. The lowest BCUT2D eigenvalue weighted by molar-refractivity contribution is 0.169. The molecular formula is C15H14N2O. The summed E-state index contributed by atoms with van der Waals surface area (Å²) in [6.45, 7) is 0. The number of allylic oxidation sites excluding steroid dienone is 2. The molecule has 0 saturated heterocycles. The van der Waals surface area contributed by atoms with E-state index >= 15 is 0 Å². The van der Waals surface area contributed by atoms with Gasteiger partial charge in [-0.15, -0.1) is 0 Å². The van der Waals surface area contributed by atoms with Gasteiger partial charge in [0.15, 0.2) is 0 Å². The van der Waals surface area contributed by atoms with Crippen LogP contribution in [0.1, 0.15) is 25.7 Å². The van der Waals surface area contributed by atoms with Crippen LogP contribution in [0.4, 0.5) is 0 Å². The van der Waals surface area contributed by atoms with E-state index in [0.29, 0.717) is 0 Å². The summed E-state index contributed by atoms with van der Waals surface area (Å²) in [7, 11) is 0. The minimum Gasteiger partial charge on any atom is -0.490 e. The average Bonchev–Trinajstić information content (AvgIpc) is 2.43. The molecule has 0 aromatic heterocycles. The lowest BCUT2D eigenvalue weighted by Crippen LogP contribution is -2.21. The van der Waals surface area contributed by atoms with Crippen molar-refractivity contribution in [2.24, 2.45) is 0 Å². The Labute approximate surface area is 107 Å². The topological polar surface area (TPSA) is 56.8 Å². The van der Waals surface area contributed by atoms with Gasteiger partial charge in [0.2, 0.25) is 0 Å². The van der Waals surface area contributed by atoms with Gasteiger partial charge >= 0.3 is 0 Å². The third-order valence-corrected chi connectivity index (χ3v) is 3.16. The van der Waals surface area contributed by atoms with Crippen LogP contribution in [0.5, 0.6) is 5.75 Å². The second-order valence-corrected chi connectivity index (χ2v) is 4.33. The van der Waals surface area contributed by atoms with E-state index in [1.54, 1.807) is 0 Å². The highest BCUT2D eigenvalue weighted by Gasteiger charge is 2.20. The molecule has 1 aromatic carbocycles. The van der Waals surface area contributed by atoms with Crippen molar-refractivity contribution < 1.29 is 4.74 Å². The van der Waals surface area contributed by atoms with Crippen molar-refractivity contribution in [3.8, 4) is 17.9 Å². The molecule has 2 rings (SSSR count). The highest BCUT2D eigenvalue weighted by atomic mass is 16.5. The average molecular weight is 238 g/mol. The molecule has 0 atom stereocenters. The van der Waals surface area contributed by atoms with E-state index in [2.05, 4.69) is 0 Å². The predicted octanol–water partition coefficient (Wildman–Crippen LogP) is 3.35. The van der Waals surface area contributed by atoms with Gasteiger partial charge in [0.25, 0.3) is 0 Å². The molecule has 0 N–H and O–H groups in total. The van der Waals surface area contributed by atoms with Crippen LogP contribution in [-0.2, 0) is 0 Å². The van der Waals surface area contributed by atoms with Crippen LogP contribution in [0.3, 0.4) is 0 Å². The lowest BCUT2D eigenvalue weighted by atomic mass is 9.89. The molecule has 3 heteroatoms. The minimum atomic E-state index is 0.190. The highest BCUT2D eigenvalue weighted by Crippen LogP contribution is 2.28. The SMILES string of the molecule is N#CC(C#N)=C1CCC(Oc2ccccc2)CC1. The number of nitriles is 2. The van der Waals surface area contributed by atoms with E-state index in [1.807, 2.05) is 42.5 Å². The van der Waals surface area contributed by atoms with Crippen LogP contribution in [0, 0.1) is 22.7 Å². The number of benzene rings is 1. The third kappa shape index (κ3) is 2.90. The van der Waals surface area contributed by atoms with E-state index in [-0.39, 0.29) is 11.7 Å². The molecule has 0 amide bonds. The Balaban J connectivity index is 1.94. The number of ether oxygens (including phenoxy) is 1. The van der Waals surface area contributed by atoms with Gasteiger partial charge in [0, 0.05) is 0 Å². The molecule has 1 fully saturated rings. The van der Waals surface area contributed by atoms with Gasteiger partial charge in [-0.3, -0.25) is 0 Å². The van der Waals surface area contributed by atoms with Crippen molar-refractivity contribution in [3.05, 3.63) is 41.5 Å². The Bertz CT molecular complexity index is 494. The fourth-order valence-corrected chi connectivity index (χ4v) is 2.18. The largest absolute Gasteiger partial charge is 0.490 e. The Morgan fingerprint density at radius 2 is 1.67 bits per heavy atom. The van der Waals surface area contributed by atoms with Crippen molar-refractivity contribution in [2.45, 2.75) is 31.8 Å². The molecule has 0 aliphatic heterocycles. The summed E-state index contributed by atoms with van der Waals surface area (Å²) < 4.78 is 5.86. The van der Waals surface area contributed by atoms with Crippen molar-refractivity contribution in [2.75, 3.05) is 0 Å². The molecule has 1 aromatic rings. The van der Waals surface area contributed by atoms with Crippen LogP contribution in [-0.4, -0.2) is 6.10 Å². The molecule has 0 heterocycles. The lowest BCUT2D eigenvalue weighted by Gasteiger charge is -2.24. The number of nitrogens with zero attached hydrogens (tertiary/aromatic N) is 2. The summed E-state index contributed by atoms with van der Waals surface area (Å²) in [5, 5.41) is 17.6. The molecule has 18 heavy (non-hydrogen) atoms. The monoisotopic (exact) mass is 238 g/mol. The normalized spacial score (nSPS) is 18.6. The smallest absolute Gasteiger partial charge is 0.128 e. The van der Waals surface area contributed by atoms with Crippen LogP contribution < -0.4 is 4.74 Å². The van der Waals surface area contributed by atoms with Gasteiger partial charge in [-0.1, -0.05) is 18.2 Å². The molecule has 1 saturated carbocycles. The Kier molecular flexibility index (Phi) is 3.99. The molecule has 1 aliphatic rings. The van der Waals surface area contributed by atoms with Gasteiger partial charge in [-0.05, 0) is 43.4 Å². The zero-order valence-electron chi connectivity index (χ0n) is 10.1. The second kappa shape index (κ2) is 5.89. The standard InChI is InChI=1S/C15H14N2O/c16-10-13(11-17)12-6-8-15(9-7-12)18-14-4-2-1-3-5-14/h1-5,15H,6-9H2. The number of rotatable bonds is 2. The van der Waals surface area contributed by atoms with Crippen LogP contribution >= 0.6 is 0 Å². The summed E-state index contributed by atoms with van der Waals surface area (Å²) in [5.41, 5.74) is 1.26. The molecule has 0 radical (unpaired) electrons. The maximum Gasteiger partial charge on any atom is 0.128 e. The quantitative estimate of drug-likeness (QED) is 0.742. The molecule has 3 nitrogen and oxygen atoms in total. The van der Waals surface area contributed by atoms with Crippen LogP contribution in [0.25, 0.3) is 0 Å². The summed E-state index contributed by atoms with van der Waals surface area (Å²) in [6.07, 6.45) is 3.51. The van der Waals surface area contributed by atoms with Crippen molar-refractivity contribution >= 4 is 0 Å². The number of hydrogen-bond acceptors (Lipinski definition) is 3. The predicted molar refractivity (Wildman–Crippen MR) is 67.6 cm³/mol. The minimum absolute atomic E-state index is 0.190. The molecule has 0 unspecified atom stereocenters. The Morgan fingerprint density at radius 1 is 1.06 bits per heavy atom. The molecule has 0 spiro atoms. The maximum absolute atomic E-state index is 8.82. The zero-order chi connectivity index (χ0) is 12.8. The van der Waals surface area contributed by atoms with Crippen molar-refractivity contribution in [1.82, 2.24) is 0 Å². The van der Waals surface area contributed by atoms with Gasteiger partial charge in [-0.2, -0.15) is 10.5 Å². The first kappa shape index (κ1) is 12.2. The Hall–Kier alpha value is -2.26. The van der Waals surface area contributed by atoms with Crippen LogP contribution in [0.15, 0.2) is 41.5 Å². The summed E-state index contributed by atoms with van der Waals surface area (Å²) in [5.74, 6) is 0.885. The summed E-state index contributed by atoms with van der Waals surface area (Å²) in [6, 6.07) is 13.7. The summed E-state index contributed by atoms with van der Waals surface area (Å²) in [4.78, 5) is 0. The fourth-order valence-electron chi connectivity index (χ4n) is 2.18. The first-order valence-corrected chi connectivity index (χ1v) is 6.07. The van der Waals surface area contributed by atoms with Crippen molar-refractivity contribution in [1.29, 1.82) is 10.5 Å². The first-order valence-electron chi connectivity index (χ1n) is 6.07. The van der Waals surface area contributed by atoms with Gasteiger partial charge in [0.05, 0.1) is 6.10 Å². The highest BCUT2D eigenvalue weighted by molar-refractivity contribution is 5.40. The fraction of sp³-hybridized carbons (Fsp3) is 0.333. The molecular weight excluding hydrogens is 224 g/mol. The van der Waals surface area contributed by atoms with Crippen LogP contribution in [0.2, 0.25) is 0 Å². The molecule has 0 bridgehead atoms. The van der Waals surface area contributed by atoms with E-state index in [9.17, 15) is 0 Å². The molecule has 90 valence electrons. The van der Waals surface area contributed by atoms with E-state index < -0.39 is 0 Å². The van der Waals surface area contributed by atoms with E-state index in [1.165, 1.54) is 0 Å². The van der Waals surface area contributed by atoms with Gasteiger partial charge in [0.1, 0.15) is 23.5 Å². The maximum atomic E-state index is 8.82. The Morgan fingerprint density at radius 3 is 2.22 bits per heavy atom. The number of hydrogen-bond donors (Lipinski definition) is 0. The van der Waals surface area contributed by atoms with Gasteiger partial charge < -0.3 is 4.74 Å². The summed E-state index contributed by atoms with van der Waals surface area (Å²) >= 11 is 0. The third-order valence-electron chi connectivity index (χ3n) is 3.16. The molecule has 1 aliphatic carbocycles. The van der Waals surface area contributed by atoms with E-state index in [0.717, 1.165) is 37.0 Å². The van der Waals surface area contributed by atoms with E-state index in [4.69, 9.17) is 15.3 Å². The first-order chi connectivity index (χ1) is 8.83. The number of para-hydroxylation sites is 1. The van der Waals surface area contributed by atoms with Crippen molar-refractivity contribution in [3.63, 3.8) is 0 Å². The van der Waals surface area contributed by atoms with Gasteiger partial charge in [-0.25, -0.2) is 0 Å². The zero-order valence-corrected chi connectivity index (χ0v) is 10.1.